The second kappa shape index (κ2) is 7.14. The van der Waals surface area contributed by atoms with Crippen molar-refractivity contribution in [3.05, 3.63) is 77.3 Å². The van der Waals surface area contributed by atoms with Crippen molar-refractivity contribution in [1.29, 1.82) is 0 Å². The first-order chi connectivity index (χ1) is 12.7. The van der Waals surface area contributed by atoms with Gasteiger partial charge in [0.1, 0.15) is 11.4 Å². The van der Waals surface area contributed by atoms with E-state index < -0.39 is 0 Å². The molecule has 0 saturated heterocycles. The zero-order valence-electron chi connectivity index (χ0n) is 14.1. The highest BCUT2D eigenvalue weighted by Gasteiger charge is 2.11. The van der Waals surface area contributed by atoms with Gasteiger partial charge in [-0.15, -0.1) is 10.2 Å². The Kier molecular flexibility index (Phi) is 4.54. The molecule has 0 aliphatic rings. The lowest BCUT2D eigenvalue weighted by Gasteiger charge is -2.11. The maximum atomic E-state index is 5.24. The summed E-state index contributed by atoms with van der Waals surface area (Å²) in [5.74, 6) is 1.55. The molecule has 128 valence electrons. The summed E-state index contributed by atoms with van der Waals surface area (Å²) < 4.78 is 6.25. The zero-order valence-corrected chi connectivity index (χ0v) is 15.7. The average molecular weight is 406 g/mol. The molecule has 0 amide bonds. The summed E-state index contributed by atoms with van der Waals surface area (Å²) in [6.07, 6.45) is 0. The first kappa shape index (κ1) is 16.5. The summed E-state index contributed by atoms with van der Waals surface area (Å²) in [6.45, 7) is 0. The first-order valence-electron chi connectivity index (χ1n) is 8.17. The second-order valence-corrected chi connectivity index (χ2v) is 6.72. The zero-order chi connectivity index (χ0) is 17.9. The van der Waals surface area contributed by atoms with Crippen LogP contribution < -0.4 is 10.1 Å². The standard InChI is InChI=1S/C21H16BrN3O/c1-26-17-11-9-14(10-12-17)20-18-7-2-3-8-19(18)21(25-24-20)23-16-6-4-5-15(22)13-16/h2-13H,1H3,(H,23,25). The minimum atomic E-state index is 0.732. The molecule has 0 fully saturated rings. The van der Waals surface area contributed by atoms with Crippen molar-refractivity contribution < 1.29 is 4.74 Å². The lowest BCUT2D eigenvalue weighted by molar-refractivity contribution is 0.415. The normalized spacial score (nSPS) is 10.7. The Balaban J connectivity index is 1.80. The lowest BCUT2D eigenvalue weighted by Crippen LogP contribution is -1.99. The van der Waals surface area contributed by atoms with Gasteiger partial charge in [0.05, 0.1) is 7.11 Å². The van der Waals surface area contributed by atoms with Gasteiger partial charge in [0.25, 0.3) is 0 Å². The van der Waals surface area contributed by atoms with Crippen LogP contribution in [0.1, 0.15) is 0 Å². The van der Waals surface area contributed by atoms with Gasteiger partial charge in [0.15, 0.2) is 5.82 Å². The van der Waals surface area contributed by atoms with Crippen LogP contribution in [0.3, 0.4) is 0 Å². The molecule has 26 heavy (non-hydrogen) atoms. The third-order valence-corrected chi connectivity index (χ3v) is 4.63. The monoisotopic (exact) mass is 405 g/mol. The third kappa shape index (κ3) is 3.26. The third-order valence-electron chi connectivity index (χ3n) is 4.14. The van der Waals surface area contributed by atoms with Crippen LogP contribution in [-0.2, 0) is 0 Å². The highest BCUT2D eigenvalue weighted by atomic mass is 79.9. The number of anilines is 2. The van der Waals surface area contributed by atoms with Crippen molar-refractivity contribution in [1.82, 2.24) is 10.2 Å². The van der Waals surface area contributed by atoms with Crippen LogP contribution in [0.25, 0.3) is 22.0 Å². The molecule has 0 aliphatic carbocycles. The van der Waals surface area contributed by atoms with E-state index in [1.807, 2.05) is 60.7 Å². The van der Waals surface area contributed by atoms with Crippen LogP contribution in [0, 0.1) is 0 Å². The van der Waals surface area contributed by atoms with Crippen molar-refractivity contribution in [3.8, 4) is 17.0 Å². The van der Waals surface area contributed by atoms with Crippen LogP contribution in [0.15, 0.2) is 77.3 Å². The Labute approximate surface area is 160 Å². The number of benzene rings is 3. The first-order valence-corrected chi connectivity index (χ1v) is 8.96. The summed E-state index contributed by atoms with van der Waals surface area (Å²) in [5.41, 5.74) is 2.81. The number of hydrogen-bond acceptors (Lipinski definition) is 4. The van der Waals surface area contributed by atoms with Gasteiger partial charge in [0, 0.05) is 26.5 Å². The number of hydrogen-bond donors (Lipinski definition) is 1. The maximum absolute atomic E-state index is 5.24. The quantitative estimate of drug-likeness (QED) is 0.465. The van der Waals surface area contributed by atoms with Crippen molar-refractivity contribution in [3.63, 3.8) is 0 Å². The van der Waals surface area contributed by atoms with Gasteiger partial charge in [-0.05, 0) is 42.5 Å². The van der Waals surface area contributed by atoms with Crippen molar-refractivity contribution >= 4 is 38.2 Å². The van der Waals surface area contributed by atoms with E-state index in [1.54, 1.807) is 7.11 Å². The van der Waals surface area contributed by atoms with Crippen LogP contribution in [0.4, 0.5) is 11.5 Å². The van der Waals surface area contributed by atoms with Crippen molar-refractivity contribution in [2.24, 2.45) is 0 Å². The molecule has 0 saturated carbocycles. The maximum Gasteiger partial charge on any atom is 0.161 e. The average Bonchev–Trinajstić information content (AvgIpc) is 2.68. The molecule has 3 aromatic carbocycles. The molecule has 4 nitrogen and oxygen atoms in total. The Morgan fingerprint density at radius 2 is 1.62 bits per heavy atom. The van der Waals surface area contributed by atoms with Gasteiger partial charge >= 0.3 is 0 Å². The molecule has 1 aromatic heterocycles. The second-order valence-electron chi connectivity index (χ2n) is 5.81. The molecular weight excluding hydrogens is 390 g/mol. The molecule has 5 heteroatoms. The van der Waals surface area contributed by atoms with Gasteiger partial charge in [0.2, 0.25) is 0 Å². The molecule has 0 radical (unpaired) electrons. The Morgan fingerprint density at radius 3 is 2.35 bits per heavy atom. The number of aromatic nitrogens is 2. The van der Waals surface area contributed by atoms with E-state index in [2.05, 4.69) is 43.6 Å². The number of methoxy groups -OCH3 is 1. The number of halogens is 1. The fraction of sp³-hybridized carbons (Fsp3) is 0.0476. The van der Waals surface area contributed by atoms with Crippen LogP contribution in [-0.4, -0.2) is 17.3 Å². The molecule has 0 bridgehead atoms. The molecule has 4 aromatic rings. The summed E-state index contributed by atoms with van der Waals surface area (Å²) >= 11 is 3.49. The van der Waals surface area contributed by atoms with Gasteiger partial charge in [-0.3, -0.25) is 0 Å². The highest BCUT2D eigenvalue weighted by Crippen LogP contribution is 2.32. The molecule has 0 atom stereocenters. The molecule has 4 rings (SSSR count). The summed E-state index contributed by atoms with van der Waals surface area (Å²) in [7, 11) is 1.66. The van der Waals surface area contributed by atoms with E-state index in [9.17, 15) is 0 Å². The van der Waals surface area contributed by atoms with Crippen LogP contribution in [0.5, 0.6) is 5.75 Å². The molecule has 0 unspecified atom stereocenters. The van der Waals surface area contributed by atoms with Crippen LogP contribution >= 0.6 is 15.9 Å². The topological polar surface area (TPSA) is 47.0 Å². The Hall–Kier alpha value is -2.92. The fourth-order valence-electron chi connectivity index (χ4n) is 2.86. The van der Waals surface area contributed by atoms with Crippen molar-refractivity contribution in [2.45, 2.75) is 0 Å². The summed E-state index contributed by atoms with van der Waals surface area (Å²) in [5, 5.41) is 14.4. The van der Waals surface area contributed by atoms with E-state index in [-0.39, 0.29) is 0 Å². The van der Waals surface area contributed by atoms with E-state index >= 15 is 0 Å². The lowest BCUT2D eigenvalue weighted by atomic mass is 10.0. The van der Waals surface area contributed by atoms with E-state index in [0.29, 0.717) is 0 Å². The van der Waals surface area contributed by atoms with Gasteiger partial charge in [-0.2, -0.15) is 0 Å². The summed E-state index contributed by atoms with van der Waals surface area (Å²) in [4.78, 5) is 0. The SMILES string of the molecule is COc1ccc(-c2nnc(Nc3cccc(Br)c3)c3ccccc23)cc1. The molecule has 1 heterocycles. The molecule has 0 spiro atoms. The van der Waals surface area contributed by atoms with E-state index in [0.717, 1.165) is 43.8 Å². The Bertz CT molecular complexity index is 1060. The van der Waals surface area contributed by atoms with Gasteiger partial charge in [-0.25, -0.2) is 0 Å². The smallest absolute Gasteiger partial charge is 0.161 e. The summed E-state index contributed by atoms with van der Waals surface area (Å²) in [6, 6.07) is 24.0. The minimum Gasteiger partial charge on any atom is -0.497 e. The predicted octanol–water partition coefficient (Wildman–Crippen LogP) is 5.81. The Morgan fingerprint density at radius 1 is 0.846 bits per heavy atom. The van der Waals surface area contributed by atoms with Gasteiger partial charge < -0.3 is 10.1 Å². The van der Waals surface area contributed by atoms with Gasteiger partial charge in [-0.1, -0.05) is 46.3 Å². The van der Waals surface area contributed by atoms with E-state index in [1.165, 1.54) is 0 Å². The number of fused-ring (bicyclic) bond motifs is 1. The number of nitrogens with one attached hydrogen (secondary N) is 1. The largest absolute Gasteiger partial charge is 0.497 e. The molecule has 0 aliphatic heterocycles. The number of rotatable bonds is 4. The predicted molar refractivity (Wildman–Crippen MR) is 109 cm³/mol. The fourth-order valence-corrected chi connectivity index (χ4v) is 3.26. The minimum absolute atomic E-state index is 0.732. The van der Waals surface area contributed by atoms with Crippen molar-refractivity contribution in [2.75, 3.05) is 12.4 Å². The van der Waals surface area contributed by atoms with E-state index in [4.69, 9.17) is 4.74 Å². The number of nitrogens with zero attached hydrogens (tertiary/aromatic N) is 2. The molecule has 1 N–H and O–H groups in total. The van der Waals surface area contributed by atoms with Crippen LogP contribution in [0.2, 0.25) is 0 Å². The molecular formula is C21H16BrN3O. The number of ether oxygens (including phenoxy) is 1. The highest BCUT2D eigenvalue weighted by molar-refractivity contribution is 9.10.